The zero-order valence-corrected chi connectivity index (χ0v) is 14.3. The predicted molar refractivity (Wildman–Crippen MR) is 88.9 cm³/mol. The summed E-state index contributed by atoms with van der Waals surface area (Å²) in [5, 5.41) is 0. The highest BCUT2D eigenvalue weighted by Gasteiger charge is 2.22. The first-order chi connectivity index (χ1) is 10.3. The minimum Gasteiger partial charge on any atom is -0.451 e. The zero-order valence-electron chi connectivity index (χ0n) is 13.5. The lowest BCUT2D eigenvalue weighted by Gasteiger charge is -2.13. The molecule has 0 aliphatic rings. The minimum atomic E-state index is -0.797. The second-order valence-electron chi connectivity index (χ2n) is 5.54. The van der Waals surface area contributed by atoms with Crippen LogP contribution in [-0.4, -0.2) is 17.9 Å². The number of aryl methyl sites for hydroxylation is 4. The van der Waals surface area contributed by atoms with Crippen LogP contribution in [0, 0.1) is 27.7 Å². The summed E-state index contributed by atoms with van der Waals surface area (Å²) in [7, 11) is 0. The van der Waals surface area contributed by atoms with E-state index in [1.807, 2.05) is 39.8 Å². The lowest BCUT2D eigenvalue weighted by Crippen LogP contribution is -2.24. The molecular weight excluding hydrogens is 296 g/mol. The van der Waals surface area contributed by atoms with Gasteiger partial charge in [-0.1, -0.05) is 12.1 Å². The molecule has 0 saturated carbocycles. The summed E-state index contributed by atoms with van der Waals surface area (Å²) >= 11 is 1.55. The van der Waals surface area contributed by atoms with Crippen LogP contribution in [0.4, 0.5) is 0 Å². The van der Waals surface area contributed by atoms with Gasteiger partial charge in [0.25, 0.3) is 0 Å². The molecule has 0 spiro atoms. The molecule has 0 fully saturated rings. The summed E-state index contributed by atoms with van der Waals surface area (Å²) in [4.78, 5) is 26.5. The van der Waals surface area contributed by atoms with Gasteiger partial charge in [0.15, 0.2) is 6.10 Å². The van der Waals surface area contributed by atoms with Crippen molar-refractivity contribution in [3.63, 3.8) is 0 Å². The van der Waals surface area contributed by atoms with Crippen molar-refractivity contribution in [3.05, 3.63) is 56.3 Å². The number of rotatable bonds is 4. The fourth-order valence-electron chi connectivity index (χ4n) is 2.24. The van der Waals surface area contributed by atoms with E-state index in [0.29, 0.717) is 11.1 Å². The van der Waals surface area contributed by atoms with Gasteiger partial charge in [0, 0.05) is 15.3 Å². The lowest BCUT2D eigenvalue weighted by molar-refractivity contribution is 0.0318. The second-order valence-corrected chi connectivity index (χ2v) is 7.00. The van der Waals surface area contributed by atoms with Crippen molar-refractivity contribution in [2.45, 2.75) is 40.7 Å². The summed E-state index contributed by atoms with van der Waals surface area (Å²) in [5.74, 6) is -0.618. The quantitative estimate of drug-likeness (QED) is 0.620. The molecule has 0 amide bonds. The Morgan fingerprint density at radius 3 is 2.27 bits per heavy atom. The molecule has 0 unspecified atom stereocenters. The van der Waals surface area contributed by atoms with Crippen LogP contribution >= 0.6 is 11.3 Å². The Labute approximate surface area is 134 Å². The van der Waals surface area contributed by atoms with E-state index in [0.717, 1.165) is 20.9 Å². The standard InChI is InChI=1S/C18H20O3S/c1-10-6-7-15(8-11(10)2)17(19)13(4)21-18(20)16-9-12(3)22-14(16)5/h6-9,13H,1-5H3/t13-/m0/s1. The number of carbonyl (C=O) groups excluding carboxylic acids is 2. The number of hydrogen-bond acceptors (Lipinski definition) is 4. The maximum absolute atomic E-state index is 12.4. The van der Waals surface area contributed by atoms with Crippen molar-refractivity contribution < 1.29 is 14.3 Å². The van der Waals surface area contributed by atoms with Crippen LogP contribution in [0.2, 0.25) is 0 Å². The van der Waals surface area contributed by atoms with Crippen LogP contribution in [0.15, 0.2) is 24.3 Å². The van der Waals surface area contributed by atoms with Gasteiger partial charge < -0.3 is 4.74 Å². The van der Waals surface area contributed by atoms with Crippen molar-refractivity contribution in [3.8, 4) is 0 Å². The van der Waals surface area contributed by atoms with E-state index < -0.39 is 12.1 Å². The van der Waals surface area contributed by atoms with E-state index in [2.05, 4.69) is 0 Å². The Balaban J connectivity index is 2.12. The molecule has 0 saturated heterocycles. The number of ketones is 1. The molecule has 0 aliphatic carbocycles. The first-order valence-corrected chi connectivity index (χ1v) is 8.00. The topological polar surface area (TPSA) is 43.4 Å². The zero-order chi connectivity index (χ0) is 16.4. The molecule has 0 N–H and O–H groups in total. The molecule has 3 nitrogen and oxygen atoms in total. The van der Waals surface area contributed by atoms with Crippen LogP contribution < -0.4 is 0 Å². The van der Waals surface area contributed by atoms with Crippen molar-refractivity contribution in [1.82, 2.24) is 0 Å². The number of Topliss-reactive ketones (excluding diaryl/α,β-unsaturated/α-hetero) is 1. The van der Waals surface area contributed by atoms with Gasteiger partial charge in [-0.15, -0.1) is 11.3 Å². The molecule has 116 valence electrons. The van der Waals surface area contributed by atoms with Gasteiger partial charge in [-0.25, -0.2) is 4.79 Å². The van der Waals surface area contributed by atoms with E-state index in [1.165, 1.54) is 0 Å². The van der Waals surface area contributed by atoms with Crippen LogP contribution in [0.5, 0.6) is 0 Å². The van der Waals surface area contributed by atoms with Gasteiger partial charge in [0.05, 0.1) is 5.56 Å². The van der Waals surface area contributed by atoms with E-state index in [4.69, 9.17) is 4.74 Å². The molecule has 0 bridgehead atoms. The fraction of sp³-hybridized carbons (Fsp3) is 0.333. The summed E-state index contributed by atoms with van der Waals surface area (Å²) in [6.07, 6.45) is -0.797. The third-order valence-corrected chi connectivity index (χ3v) is 4.67. The molecule has 1 aromatic carbocycles. The van der Waals surface area contributed by atoms with E-state index in [1.54, 1.807) is 30.4 Å². The number of esters is 1. The number of thiophene rings is 1. The number of carbonyl (C=O) groups is 2. The third kappa shape index (κ3) is 3.45. The summed E-state index contributed by atoms with van der Waals surface area (Å²) in [6, 6.07) is 7.32. The molecular formula is C18H20O3S. The van der Waals surface area contributed by atoms with Crippen molar-refractivity contribution in [2.75, 3.05) is 0 Å². The molecule has 4 heteroatoms. The number of ether oxygens (including phenoxy) is 1. The van der Waals surface area contributed by atoms with Crippen LogP contribution in [0.1, 0.15) is 48.5 Å². The highest BCUT2D eigenvalue weighted by molar-refractivity contribution is 7.12. The predicted octanol–water partition coefficient (Wildman–Crippen LogP) is 4.41. The first kappa shape index (κ1) is 16.4. The maximum atomic E-state index is 12.4. The van der Waals surface area contributed by atoms with Gasteiger partial charge in [0.2, 0.25) is 5.78 Å². The van der Waals surface area contributed by atoms with Gasteiger partial charge in [-0.3, -0.25) is 4.79 Å². The average molecular weight is 316 g/mol. The highest BCUT2D eigenvalue weighted by atomic mass is 32.1. The van der Waals surface area contributed by atoms with Gasteiger partial charge in [-0.2, -0.15) is 0 Å². The molecule has 1 heterocycles. The number of hydrogen-bond donors (Lipinski definition) is 0. The van der Waals surface area contributed by atoms with Crippen LogP contribution in [-0.2, 0) is 4.74 Å². The number of benzene rings is 1. The summed E-state index contributed by atoms with van der Waals surface area (Å²) < 4.78 is 5.34. The molecule has 0 radical (unpaired) electrons. The van der Waals surface area contributed by atoms with Gasteiger partial charge >= 0.3 is 5.97 Å². The molecule has 1 aromatic heterocycles. The van der Waals surface area contributed by atoms with E-state index in [-0.39, 0.29) is 5.78 Å². The van der Waals surface area contributed by atoms with E-state index in [9.17, 15) is 9.59 Å². The minimum absolute atomic E-state index is 0.180. The van der Waals surface area contributed by atoms with Crippen molar-refractivity contribution in [1.29, 1.82) is 0 Å². The lowest BCUT2D eigenvalue weighted by atomic mass is 10.0. The van der Waals surface area contributed by atoms with Crippen LogP contribution in [0.25, 0.3) is 0 Å². The van der Waals surface area contributed by atoms with Gasteiger partial charge in [0.1, 0.15) is 0 Å². The molecule has 1 atom stereocenters. The Bertz CT molecular complexity index is 728. The fourth-order valence-corrected chi connectivity index (χ4v) is 3.15. The summed E-state index contributed by atoms with van der Waals surface area (Å²) in [5.41, 5.74) is 3.29. The SMILES string of the molecule is Cc1cc(C(=O)O[C@@H](C)C(=O)c2ccc(C)c(C)c2)c(C)s1. The average Bonchev–Trinajstić information content (AvgIpc) is 2.80. The molecule has 0 aliphatic heterocycles. The monoisotopic (exact) mass is 316 g/mol. The Hall–Kier alpha value is -1.94. The molecule has 2 rings (SSSR count). The smallest absolute Gasteiger partial charge is 0.339 e. The van der Waals surface area contributed by atoms with E-state index >= 15 is 0 Å². The maximum Gasteiger partial charge on any atom is 0.339 e. The highest BCUT2D eigenvalue weighted by Crippen LogP contribution is 2.22. The van der Waals surface area contributed by atoms with Crippen molar-refractivity contribution in [2.24, 2.45) is 0 Å². The Morgan fingerprint density at radius 2 is 1.73 bits per heavy atom. The summed E-state index contributed by atoms with van der Waals surface area (Å²) in [6.45, 7) is 9.39. The molecule has 2 aromatic rings. The van der Waals surface area contributed by atoms with Crippen LogP contribution in [0.3, 0.4) is 0 Å². The first-order valence-electron chi connectivity index (χ1n) is 7.19. The Morgan fingerprint density at radius 1 is 1.05 bits per heavy atom. The third-order valence-electron chi connectivity index (χ3n) is 3.71. The Kier molecular flexibility index (Phi) is 4.81. The van der Waals surface area contributed by atoms with Gasteiger partial charge in [-0.05, 0) is 57.9 Å². The largest absolute Gasteiger partial charge is 0.451 e. The second kappa shape index (κ2) is 6.44. The normalized spacial score (nSPS) is 12.0. The molecule has 22 heavy (non-hydrogen) atoms. The van der Waals surface area contributed by atoms with Crippen molar-refractivity contribution >= 4 is 23.1 Å².